The Bertz CT molecular complexity index is 900. The fraction of sp³-hybridized carbons (Fsp3) is 0.316. The highest BCUT2D eigenvalue weighted by molar-refractivity contribution is 5.80. The lowest BCUT2D eigenvalue weighted by molar-refractivity contribution is 0.0972. The fourth-order valence-corrected chi connectivity index (χ4v) is 3.25. The minimum absolute atomic E-state index is 0.0164. The number of fused-ring (bicyclic) bond motifs is 1. The summed E-state index contributed by atoms with van der Waals surface area (Å²) in [7, 11) is 0. The molecule has 1 fully saturated rings. The second kappa shape index (κ2) is 7.13. The Morgan fingerprint density at radius 2 is 1.64 bits per heavy atom. The van der Waals surface area contributed by atoms with E-state index in [0.29, 0.717) is 6.67 Å². The van der Waals surface area contributed by atoms with Crippen LogP contribution >= 0.6 is 0 Å². The van der Waals surface area contributed by atoms with Crippen LogP contribution in [0.3, 0.4) is 0 Å². The monoisotopic (exact) mass is 335 g/mol. The highest BCUT2D eigenvalue weighted by Crippen LogP contribution is 2.09. The fourth-order valence-electron chi connectivity index (χ4n) is 3.25. The molecule has 1 saturated heterocycles. The van der Waals surface area contributed by atoms with Crippen molar-refractivity contribution in [3.63, 3.8) is 0 Å². The topological polar surface area (TPSA) is 54.3 Å². The van der Waals surface area contributed by atoms with Gasteiger partial charge in [-0.05, 0) is 23.8 Å². The minimum Gasteiger partial charge on any atom is -0.297 e. The van der Waals surface area contributed by atoms with Crippen molar-refractivity contribution in [2.75, 3.05) is 26.2 Å². The molecule has 1 aromatic carbocycles. The van der Waals surface area contributed by atoms with Gasteiger partial charge in [-0.25, -0.2) is 4.68 Å². The molecule has 0 amide bonds. The Morgan fingerprint density at radius 3 is 2.44 bits per heavy atom. The number of rotatable bonds is 4. The van der Waals surface area contributed by atoms with Crippen LogP contribution in [0.2, 0.25) is 0 Å². The van der Waals surface area contributed by atoms with Crippen molar-refractivity contribution in [2.45, 2.75) is 13.2 Å². The molecule has 0 aliphatic carbocycles. The molecular weight excluding hydrogens is 314 g/mol. The molecule has 3 heterocycles. The maximum Gasteiger partial charge on any atom is 0.275 e. The summed E-state index contributed by atoms with van der Waals surface area (Å²) in [5.41, 5.74) is 1.27. The summed E-state index contributed by atoms with van der Waals surface area (Å²) in [6.45, 7) is 5.35. The van der Waals surface area contributed by atoms with Crippen LogP contribution in [0.4, 0.5) is 0 Å². The molecule has 2 aromatic heterocycles. The van der Waals surface area contributed by atoms with E-state index in [4.69, 9.17) is 0 Å². The first kappa shape index (κ1) is 15.9. The summed E-state index contributed by atoms with van der Waals surface area (Å²) >= 11 is 0. The van der Waals surface area contributed by atoms with Gasteiger partial charge in [0.15, 0.2) is 0 Å². The second-order valence-electron chi connectivity index (χ2n) is 6.43. The summed E-state index contributed by atoms with van der Waals surface area (Å²) in [5, 5.41) is 5.95. The third-order valence-corrected chi connectivity index (χ3v) is 4.72. The van der Waals surface area contributed by atoms with Crippen LogP contribution < -0.4 is 5.56 Å². The van der Waals surface area contributed by atoms with Crippen LogP contribution in [0.15, 0.2) is 59.8 Å². The molecule has 0 unspecified atom stereocenters. The molecule has 0 spiro atoms. The number of hydrogen-bond acceptors (Lipinski definition) is 5. The molecule has 1 aliphatic heterocycles. The molecule has 0 bridgehead atoms. The number of nitrogens with zero attached hydrogens (tertiary/aromatic N) is 5. The number of benzene rings is 1. The summed E-state index contributed by atoms with van der Waals surface area (Å²) in [6.07, 6.45) is 5.45. The lowest BCUT2D eigenvalue weighted by Gasteiger charge is -2.34. The largest absolute Gasteiger partial charge is 0.297 e. The number of pyridine rings is 1. The highest BCUT2D eigenvalue weighted by Gasteiger charge is 2.18. The summed E-state index contributed by atoms with van der Waals surface area (Å²) in [4.78, 5) is 21.3. The number of aromatic nitrogens is 3. The van der Waals surface area contributed by atoms with Crippen molar-refractivity contribution in [1.82, 2.24) is 24.6 Å². The first-order valence-electron chi connectivity index (χ1n) is 8.58. The zero-order valence-electron chi connectivity index (χ0n) is 14.1. The van der Waals surface area contributed by atoms with Crippen molar-refractivity contribution < 1.29 is 0 Å². The van der Waals surface area contributed by atoms with Gasteiger partial charge in [-0.1, -0.05) is 18.2 Å². The van der Waals surface area contributed by atoms with Crippen LogP contribution in [0.1, 0.15) is 5.56 Å². The standard InChI is InChI=1S/C19H21N5O/c25-19-18-4-2-1-3-17(18)13-21-24(19)15-23-11-9-22(10-12-23)14-16-5-7-20-8-6-16/h1-8,13H,9-12,14-15H2. The molecule has 0 radical (unpaired) electrons. The van der Waals surface area contributed by atoms with Gasteiger partial charge in [-0.2, -0.15) is 5.10 Å². The van der Waals surface area contributed by atoms with Gasteiger partial charge in [0.05, 0.1) is 18.3 Å². The van der Waals surface area contributed by atoms with Gasteiger partial charge in [-0.15, -0.1) is 0 Å². The summed E-state index contributed by atoms with van der Waals surface area (Å²) in [6, 6.07) is 11.7. The molecule has 128 valence electrons. The van der Waals surface area contributed by atoms with Crippen molar-refractivity contribution >= 4 is 10.8 Å². The molecule has 1 aliphatic rings. The molecular formula is C19H21N5O. The van der Waals surface area contributed by atoms with Crippen LogP contribution in [-0.4, -0.2) is 50.7 Å². The quantitative estimate of drug-likeness (QED) is 0.724. The SMILES string of the molecule is O=c1c2ccccc2cnn1CN1CCN(Cc2ccncc2)CC1. The predicted octanol–water partition coefficient (Wildman–Crippen LogP) is 1.57. The van der Waals surface area contributed by atoms with E-state index in [2.05, 4.69) is 32.0 Å². The van der Waals surface area contributed by atoms with E-state index in [1.165, 1.54) is 5.56 Å². The van der Waals surface area contributed by atoms with Crippen LogP contribution in [0.25, 0.3) is 10.8 Å². The van der Waals surface area contributed by atoms with Crippen molar-refractivity contribution in [3.8, 4) is 0 Å². The van der Waals surface area contributed by atoms with Crippen molar-refractivity contribution in [1.29, 1.82) is 0 Å². The first-order chi connectivity index (χ1) is 12.3. The lowest BCUT2D eigenvalue weighted by Crippen LogP contribution is -2.47. The Labute approximate surface area is 146 Å². The summed E-state index contributed by atoms with van der Waals surface area (Å²) < 4.78 is 1.57. The zero-order valence-corrected chi connectivity index (χ0v) is 14.1. The van der Waals surface area contributed by atoms with E-state index >= 15 is 0 Å². The van der Waals surface area contributed by atoms with Crippen LogP contribution in [-0.2, 0) is 13.2 Å². The van der Waals surface area contributed by atoms with Gasteiger partial charge in [0.2, 0.25) is 0 Å². The van der Waals surface area contributed by atoms with E-state index in [1.807, 2.05) is 36.7 Å². The van der Waals surface area contributed by atoms with E-state index in [-0.39, 0.29) is 5.56 Å². The van der Waals surface area contributed by atoms with Gasteiger partial charge in [-0.3, -0.25) is 19.6 Å². The van der Waals surface area contributed by atoms with E-state index < -0.39 is 0 Å². The summed E-state index contributed by atoms with van der Waals surface area (Å²) in [5.74, 6) is 0. The van der Waals surface area contributed by atoms with E-state index in [1.54, 1.807) is 10.9 Å². The normalized spacial score (nSPS) is 16.3. The molecule has 6 heteroatoms. The zero-order chi connectivity index (χ0) is 17.1. The molecule has 3 aromatic rings. The Hall–Kier alpha value is -2.57. The van der Waals surface area contributed by atoms with Gasteiger partial charge < -0.3 is 0 Å². The van der Waals surface area contributed by atoms with Crippen molar-refractivity contribution in [2.24, 2.45) is 0 Å². The second-order valence-corrected chi connectivity index (χ2v) is 6.43. The van der Waals surface area contributed by atoms with Crippen molar-refractivity contribution in [3.05, 3.63) is 70.9 Å². The molecule has 25 heavy (non-hydrogen) atoms. The van der Waals surface area contributed by atoms with Crippen LogP contribution in [0.5, 0.6) is 0 Å². The molecule has 0 N–H and O–H groups in total. The smallest absolute Gasteiger partial charge is 0.275 e. The number of hydrogen-bond donors (Lipinski definition) is 0. The highest BCUT2D eigenvalue weighted by atomic mass is 16.1. The Kier molecular flexibility index (Phi) is 4.54. The Balaban J connectivity index is 1.39. The average molecular weight is 335 g/mol. The van der Waals surface area contributed by atoms with E-state index in [9.17, 15) is 4.79 Å². The maximum absolute atomic E-state index is 12.6. The van der Waals surface area contributed by atoms with Gasteiger partial charge in [0.25, 0.3) is 5.56 Å². The Morgan fingerprint density at radius 1 is 0.920 bits per heavy atom. The third-order valence-electron chi connectivity index (χ3n) is 4.72. The molecule has 4 rings (SSSR count). The third kappa shape index (κ3) is 3.60. The first-order valence-corrected chi connectivity index (χ1v) is 8.58. The van der Waals surface area contributed by atoms with E-state index in [0.717, 1.165) is 43.5 Å². The average Bonchev–Trinajstić information content (AvgIpc) is 2.67. The molecule has 6 nitrogen and oxygen atoms in total. The van der Waals surface area contributed by atoms with Crippen LogP contribution in [0, 0.1) is 0 Å². The molecule has 0 saturated carbocycles. The van der Waals surface area contributed by atoms with Gasteiger partial charge >= 0.3 is 0 Å². The minimum atomic E-state index is -0.0164. The predicted molar refractivity (Wildman–Crippen MR) is 97.1 cm³/mol. The maximum atomic E-state index is 12.6. The molecule has 0 atom stereocenters. The number of piperazine rings is 1. The van der Waals surface area contributed by atoms with Gasteiger partial charge in [0.1, 0.15) is 0 Å². The van der Waals surface area contributed by atoms with Gasteiger partial charge in [0, 0.05) is 50.5 Å². The lowest BCUT2D eigenvalue weighted by atomic mass is 10.2.